The van der Waals surface area contributed by atoms with Crippen molar-refractivity contribution >= 4 is 5.65 Å². The molecule has 0 spiro atoms. The van der Waals surface area contributed by atoms with Crippen LogP contribution in [0, 0.1) is 11.3 Å². The Hall–Kier alpha value is -3.28. The summed E-state index contributed by atoms with van der Waals surface area (Å²) in [5, 5.41) is 13.1. The number of hydrogen-bond donors (Lipinski definition) is 1. The first-order chi connectivity index (χ1) is 12.2. The minimum atomic E-state index is -4.78. The second kappa shape index (κ2) is 6.22. The van der Waals surface area contributed by atoms with E-state index >= 15 is 0 Å². The van der Waals surface area contributed by atoms with E-state index in [9.17, 15) is 18.0 Å². The summed E-state index contributed by atoms with van der Waals surface area (Å²) in [6, 6.07) is 7.10. The zero-order chi connectivity index (χ0) is 19.1. The zero-order valence-corrected chi connectivity index (χ0v) is 13.8. The van der Waals surface area contributed by atoms with Gasteiger partial charge in [-0.25, -0.2) is 0 Å². The number of hydrogen-bond acceptors (Lipinski definition) is 4. The second-order valence-electron chi connectivity index (χ2n) is 5.88. The zero-order valence-electron chi connectivity index (χ0n) is 13.8. The van der Waals surface area contributed by atoms with Crippen LogP contribution in [0.2, 0.25) is 0 Å². The molecule has 9 heteroatoms. The topological polar surface area (TPSA) is 83.2 Å². The van der Waals surface area contributed by atoms with Crippen molar-refractivity contribution in [3.8, 4) is 23.1 Å². The summed E-state index contributed by atoms with van der Waals surface area (Å²) in [7, 11) is 0. The van der Waals surface area contributed by atoms with Crippen molar-refractivity contribution in [2.75, 3.05) is 0 Å². The number of nitrogens with one attached hydrogen (secondary N) is 1. The number of rotatable bonds is 3. The van der Waals surface area contributed by atoms with Gasteiger partial charge in [0.05, 0.1) is 11.9 Å². The van der Waals surface area contributed by atoms with E-state index in [1.165, 1.54) is 18.3 Å². The Morgan fingerprint density at radius 2 is 1.92 bits per heavy atom. The number of nitrogens with zero attached hydrogens (tertiary/aromatic N) is 3. The second-order valence-corrected chi connectivity index (χ2v) is 5.88. The fourth-order valence-electron chi connectivity index (χ4n) is 2.70. The number of alkyl halides is 3. The van der Waals surface area contributed by atoms with Crippen LogP contribution in [0.25, 0.3) is 16.9 Å². The van der Waals surface area contributed by atoms with E-state index in [1.807, 2.05) is 19.9 Å². The van der Waals surface area contributed by atoms with E-state index in [-0.39, 0.29) is 28.4 Å². The maximum absolute atomic E-state index is 12.7. The van der Waals surface area contributed by atoms with Gasteiger partial charge in [0.25, 0.3) is 5.56 Å². The summed E-state index contributed by atoms with van der Waals surface area (Å²) in [6.07, 6.45) is -3.50. The molecule has 0 aliphatic heterocycles. The lowest BCUT2D eigenvalue weighted by Gasteiger charge is -2.14. The summed E-state index contributed by atoms with van der Waals surface area (Å²) >= 11 is 0. The van der Waals surface area contributed by atoms with Crippen LogP contribution in [0.4, 0.5) is 13.2 Å². The third kappa shape index (κ3) is 3.13. The van der Waals surface area contributed by atoms with Gasteiger partial charge in [-0.3, -0.25) is 4.79 Å². The Balaban J connectivity index is 2.19. The third-order valence-electron chi connectivity index (χ3n) is 3.78. The fourth-order valence-corrected chi connectivity index (χ4v) is 2.70. The first kappa shape index (κ1) is 17.5. The highest BCUT2D eigenvalue weighted by molar-refractivity contribution is 5.68. The highest BCUT2D eigenvalue weighted by Gasteiger charge is 2.31. The predicted molar refractivity (Wildman–Crippen MR) is 86.7 cm³/mol. The van der Waals surface area contributed by atoms with E-state index in [0.717, 1.165) is 16.6 Å². The Morgan fingerprint density at radius 1 is 1.27 bits per heavy atom. The van der Waals surface area contributed by atoms with Gasteiger partial charge in [-0.2, -0.15) is 14.9 Å². The molecule has 0 radical (unpaired) electrons. The molecule has 0 unspecified atom stereocenters. The van der Waals surface area contributed by atoms with Crippen LogP contribution in [0.1, 0.15) is 30.9 Å². The van der Waals surface area contributed by atoms with E-state index in [1.54, 1.807) is 0 Å². The molecule has 0 bridgehead atoms. The van der Waals surface area contributed by atoms with Gasteiger partial charge >= 0.3 is 6.36 Å². The van der Waals surface area contributed by atoms with Crippen molar-refractivity contribution in [3.63, 3.8) is 0 Å². The first-order valence-electron chi connectivity index (χ1n) is 7.61. The molecule has 134 valence electrons. The molecule has 26 heavy (non-hydrogen) atoms. The average molecular weight is 362 g/mol. The van der Waals surface area contributed by atoms with Crippen LogP contribution < -0.4 is 10.3 Å². The quantitative estimate of drug-likeness (QED) is 0.772. The van der Waals surface area contributed by atoms with E-state index in [4.69, 9.17) is 5.26 Å². The van der Waals surface area contributed by atoms with Gasteiger partial charge < -0.3 is 9.72 Å². The standard InChI is InChI=1S/C17H13F3N4O2/c1-9(2)13-14(10-3-5-12(6-4-10)26-17(18,19)20)23-15-11(7-21)8-22-24(15)16(13)25/h3-6,8-9,23H,1-2H3. The number of aromatic amines is 1. The lowest BCUT2D eigenvalue weighted by Crippen LogP contribution is -2.22. The lowest BCUT2D eigenvalue weighted by atomic mass is 9.98. The summed E-state index contributed by atoms with van der Waals surface area (Å²) in [5.74, 6) is -0.545. The molecule has 3 aromatic rings. The highest BCUT2D eigenvalue weighted by atomic mass is 19.4. The van der Waals surface area contributed by atoms with E-state index in [0.29, 0.717) is 16.8 Å². The Labute approximate surface area is 145 Å². The Morgan fingerprint density at radius 3 is 2.46 bits per heavy atom. The summed E-state index contributed by atoms with van der Waals surface area (Å²) in [6.45, 7) is 3.63. The van der Waals surface area contributed by atoms with Crippen LogP contribution in [0.3, 0.4) is 0 Å². The number of H-pyrrole nitrogens is 1. The molecular weight excluding hydrogens is 349 g/mol. The monoisotopic (exact) mass is 362 g/mol. The van der Waals surface area contributed by atoms with Gasteiger partial charge in [0.15, 0.2) is 5.65 Å². The molecule has 3 rings (SSSR count). The number of ether oxygens (including phenoxy) is 1. The molecule has 0 atom stereocenters. The van der Waals surface area contributed by atoms with Crippen molar-refractivity contribution in [3.05, 3.63) is 51.9 Å². The molecule has 0 saturated heterocycles. The molecule has 1 aromatic carbocycles. The maximum atomic E-state index is 12.7. The minimum absolute atomic E-state index is 0.181. The fraction of sp³-hybridized carbons (Fsp3) is 0.235. The molecule has 0 fully saturated rings. The third-order valence-corrected chi connectivity index (χ3v) is 3.78. The number of benzene rings is 1. The van der Waals surface area contributed by atoms with Gasteiger partial charge in [0, 0.05) is 5.56 Å². The molecule has 0 saturated carbocycles. The maximum Gasteiger partial charge on any atom is 0.573 e. The molecule has 0 amide bonds. The molecular formula is C17H13F3N4O2. The summed E-state index contributed by atoms with van der Waals surface area (Å²) < 4.78 is 41.9. The SMILES string of the molecule is CC(C)c1c(-c2ccc(OC(F)(F)F)cc2)[nH]c2c(C#N)cnn2c1=O. The number of nitriles is 1. The smallest absolute Gasteiger partial charge is 0.406 e. The normalized spacial score (nSPS) is 11.7. The van der Waals surface area contributed by atoms with Gasteiger partial charge in [-0.1, -0.05) is 13.8 Å². The molecule has 2 heterocycles. The van der Waals surface area contributed by atoms with Gasteiger partial charge in [0.2, 0.25) is 0 Å². The van der Waals surface area contributed by atoms with E-state index in [2.05, 4.69) is 14.8 Å². The molecule has 0 aliphatic rings. The lowest BCUT2D eigenvalue weighted by molar-refractivity contribution is -0.274. The number of fused-ring (bicyclic) bond motifs is 1. The predicted octanol–water partition coefficient (Wildman–Crippen LogP) is 3.58. The van der Waals surface area contributed by atoms with Gasteiger partial charge in [0.1, 0.15) is 17.4 Å². The van der Waals surface area contributed by atoms with Crippen LogP contribution in [-0.2, 0) is 0 Å². The molecule has 1 N–H and O–H groups in total. The Kier molecular flexibility index (Phi) is 4.20. The van der Waals surface area contributed by atoms with Crippen molar-refractivity contribution < 1.29 is 17.9 Å². The van der Waals surface area contributed by atoms with Crippen LogP contribution in [0.15, 0.2) is 35.3 Å². The van der Waals surface area contributed by atoms with E-state index < -0.39 is 6.36 Å². The van der Waals surface area contributed by atoms with Crippen molar-refractivity contribution in [2.45, 2.75) is 26.1 Å². The molecule has 2 aromatic heterocycles. The number of halogens is 3. The Bertz CT molecular complexity index is 1060. The largest absolute Gasteiger partial charge is 0.573 e. The van der Waals surface area contributed by atoms with Crippen LogP contribution in [0.5, 0.6) is 5.75 Å². The average Bonchev–Trinajstić information content (AvgIpc) is 2.97. The molecule has 6 nitrogen and oxygen atoms in total. The minimum Gasteiger partial charge on any atom is -0.406 e. The molecule has 0 aliphatic carbocycles. The summed E-state index contributed by atoms with van der Waals surface area (Å²) in [4.78, 5) is 15.8. The number of aromatic nitrogens is 3. The summed E-state index contributed by atoms with van der Waals surface area (Å²) in [5.41, 5.74) is 1.36. The van der Waals surface area contributed by atoms with Crippen LogP contribution >= 0.6 is 0 Å². The highest BCUT2D eigenvalue weighted by Crippen LogP contribution is 2.29. The van der Waals surface area contributed by atoms with Crippen LogP contribution in [-0.4, -0.2) is 21.0 Å². The first-order valence-corrected chi connectivity index (χ1v) is 7.61. The van der Waals surface area contributed by atoms with Crippen molar-refractivity contribution in [2.24, 2.45) is 0 Å². The van der Waals surface area contributed by atoms with Gasteiger partial charge in [-0.15, -0.1) is 13.2 Å². The van der Waals surface area contributed by atoms with Crippen molar-refractivity contribution in [1.29, 1.82) is 5.26 Å². The van der Waals surface area contributed by atoms with Crippen molar-refractivity contribution in [1.82, 2.24) is 14.6 Å². The van der Waals surface area contributed by atoms with Gasteiger partial charge in [-0.05, 0) is 35.7 Å².